The standard InChI is InChI=1S/C16H25N3O3S/c1-18(2)11-5-10-17-16(20)14-6-8-15(9-7-14)23(21,22)19-12-3-4-13-19/h6-9H,3-5,10-13H2,1-2H3,(H,17,20). The summed E-state index contributed by atoms with van der Waals surface area (Å²) in [5, 5.41) is 2.84. The van der Waals surface area contributed by atoms with Crippen LogP contribution in [0.1, 0.15) is 29.6 Å². The highest BCUT2D eigenvalue weighted by Crippen LogP contribution is 2.21. The highest BCUT2D eigenvalue weighted by atomic mass is 32.2. The summed E-state index contributed by atoms with van der Waals surface area (Å²) in [7, 11) is 0.559. The van der Waals surface area contributed by atoms with Crippen LogP contribution >= 0.6 is 0 Å². The van der Waals surface area contributed by atoms with Gasteiger partial charge in [-0.05, 0) is 64.2 Å². The minimum absolute atomic E-state index is 0.172. The van der Waals surface area contributed by atoms with Gasteiger partial charge in [0.25, 0.3) is 5.91 Å². The van der Waals surface area contributed by atoms with Gasteiger partial charge in [0.1, 0.15) is 0 Å². The number of rotatable bonds is 7. The van der Waals surface area contributed by atoms with Crippen LogP contribution in [0.2, 0.25) is 0 Å². The van der Waals surface area contributed by atoms with Crippen LogP contribution in [-0.2, 0) is 10.0 Å². The third-order valence-corrected chi connectivity index (χ3v) is 5.80. The third-order valence-electron chi connectivity index (χ3n) is 3.89. The van der Waals surface area contributed by atoms with Gasteiger partial charge in [0.2, 0.25) is 10.0 Å². The molecule has 1 amide bonds. The number of hydrogen-bond donors (Lipinski definition) is 1. The van der Waals surface area contributed by atoms with Gasteiger partial charge in [0, 0.05) is 25.2 Å². The zero-order valence-electron chi connectivity index (χ0n) is 13.8. The molecule has 6 nitrogen and oxygen atoms in total. The quantitative estimate of drug-likeness (QED) is 0.757. The fourth-order valence-corrected chi connectivity index (χ4v) is 4.07. The lowest BCUT2D eigenvalue weighted by atomic mass is 10.2. The van der Waals surface area contributed by atoms with Crippen molar-refractivity contribution in [2.24, 2.45) is 0 Å². The van der Waals surface area contributed by atoms with E-state index in [0.717, 1.165) is 25.8 Å². The normalized spacial score (nSPS) is 16.0. The van der Waals surface area contributed by atoms with Gasteiger partial charge in [-0.3, -0.25) is 4.79 Å². The summed E-state index contributed by atoms with van der Waals surface area (Å²) in [4.78, 5) is 14.3. The molecular weight excluding hydrogens is 314 g/mol. The highest BCUT2D eigenvalue weighted by molar-refractivity contribution is 7.89. The van der Waals surface area contributed by atoms with Crippen molar-refractivity contribution in [1.82, 2.24) is 14.5 Å². The molecule has 23 heavy (non-hydrogen) atoms. The van der Waals surface area contributed by atoms with Crippen molar-refractivity contribution in [3.05, 3.63) is 29.8 Å². The molecule has 1 fully saturated rings. The van der Waals surface area contributed by atoms with Gasteiger partial charge < -0.3 is 10.2 Å². The van der Waals surface area contributed by atoms with Crippen LogP contribution in [-0.4, -0.2) is 63.8 Å². The number of nitrogens with zero attached hydrogens (tertiary/aromatic N) is 2. The minimum Gasteiger partial charge on any atom is -0.352 e. The number of hydrogen-bond acceptors (Lipinski definition) is 4. The summed E-state index contributed by atoms with van der Waals surface area (Å²) >= 11 is 0. The maximum Gasteiger partial charge on any atom is 0.251 e. The van der Waals surface area contributed by atoms with Gasteiger partial charge in [0.15, 0.2) is 0 Å². The largest absolute Gasteiger partial charge is 0.352 e. The van der Waals surface area contributed by atoms with Gasteiger partial charge in [-0.2, -0.15) is 4.31 Å². The van der Waals surface area contributed by atoms with E-state index in [0.29, 0.717) is 25.2 Å². The molecule has 0 saturated carbocycles. The van der Waals surface area contributed by atoms with Crippen molar-refractivity contribution >= 4 is 15.9 Å². The van der Waals surface area contributed by atoms with E-state index in [1.807, 2.05) is 14.1 Å². The molecule has 1 saturated heterocycles. The fourth-order valence-electron chi connectivity index (χ4n) is 2.56. The van der Waals surface area contributed by atoms with E-state index in [2.05, 4.69) is 10.2 Å². The first kappa shape index (κ1) is 17.9. The van der Waals surface area contributed by atoms with Crippen molar-refractivity contribution in [1.29, 1.82) is 0 Å². The monoisotopic (exact) mass is 339 g/mol. The molecule has 0 unspecified atom stereocenters. The Morgan fingerprint density at radius 2 is 1.78 bits per heavy atom. The molecule has 1 aliphatic rings. The summed E-state index contributed by atoms with van der Waals surface area (Å²) in [5.74, 6) is -0.172. The van der Waals surface area contributed by atoms with E-state index in [1.165, 1.54) is 16.4 Å². The number of benzene rings is 1. The Balaban J connectivity index is 1.95. The van der Waals surface area contributed by atoms with Crippen LogP contribution in [0.15, 0.2) is 29.2 Å². The summed E-state index contributed by atoms with van der Waals surface area (Å²) in [6.45, 7) is 2.67. The molecule has 2 rings (SSSR count). The topological polar surface area (TPSA) is 69.7 Å². The molecule has 1 heterocycles. The lowest BCUT2D eigenvalue weighted by Crippen LogP contribution is -2.28. The van der Waals surface area contributed by atoms with Crippen molar-refractivity contribution in [2.45, 2.75) is 24.2 Å². The van der Waals surface area contributed by atoms with E-state index in [1.54, 1.807) is 12.1 Å². The summed E-state index contributed by atoms with van der Waals surface area (Å²) in [6.07, 6.45) is 2.69. The van der Waals surface area contributed by atoms with E-state index in [-0.39, 0.29) is 10.8 Å². The fraction of sp³-hybridized carbons (Fsp3) is 0.562. The Labute approximate surface area is 138 Å². The molecule has 1 N–H and O–H groups in total. The number of carbonyl (C=O) groups is 1. The Bertz CT molecular complexity index is 620. The minimum atomic E-state index is -3.42. The molecule has 7 heteroatoms. The first-order valence-corrected chi connectivity index (χ1v) is 9.38. The third kappa shape index (κ3) is 4.76. The molecule has 0 spiro atoms. The van der Waals surface area contributed by atoms with Crippen LogP contribution < -0.4 is 5.32 Å². The molecule has 1 aromatic carbocycles. The summed E-state index contributed by atoms with van der Waals surface area (Å²) < 4.78 is 26.3. The van der Waals surface area contributed by atoms with E-state index in [9.17, 15) is 13.2 Å². The molecule has 0 aromatic heterocycles. The number of nitrogens with one attached hydrogen (secondary N) is 1. The second-order valence-corrected chi connectivity index (χ2v) is 7.99. The second kappa shape index (κ2) is 7.90. The molecule has 1 aliphatic heterocycles. The van der Waals surface area contributed by atoms with Crippen molar-refractivity contribution in [3.8, 4) is 0 Å². The zero-order chi connectivity index (χ0) is 16.9. The van der Waals surface area contributed by atoms with Crippen LogP contribution in [0.4, 0.5) is 0 Å². The summed E-state index contributed by atoms with van der Waals surface area (Å²) in [6, 6.07) is 6.18. The predicted molar refractivity (Wildman–Crippen MR) is 89.9 cm³/mol. The van der Waals surface area contributed by atoms with Gasteiger partial charge in [-0.15, -0.1) is 0 Å². The SMILES string of the molecule is CN(C)CCCNC(=O)c1ccc(S(=O)(=O)N2CCCC2)cc1. The lowest BCUT2D eigenvalue weighted by molar-refractivity contribution is 0.0952. The van der Waals surface area contributed by atoms with Crippen LogP contribution in [0.3, 0.4) is 0 Å². The average Bonchev–Trinajstić information content (AvgIpc) is 3.06. The molecule has 1 aromatic rings. The number of sulfonamides is 1. The first-order chi connectivity index (χ1) is 10.9. The Kier molecular flexibility index (Phi) is 6.15. The molecule has 0 atom stereocenters. The lowest BCUT2D eigenvalue weighted by Gasteiger charge is -2.15. The molecule has 0 aliphatic carbocycles. The van der Waals surface area contributed by atoms with Crippen LogP contribution in [0, 0.1) is 0 Å². The molecular formula is C16H25N3O3S. The number of carbonyl (C=O) groups excluding carboxylic acids is 1. The Hall–Kier alpha value is -1.44. The first-order valence-electron chi connectivity index (χ1n) is 7.94. The van der Waals surface area contributed by atoms with E-state index < -0.39 is 10.0 Å². The highest BCUT2D eigenvalue weighted by Gasteiger charge is 2.27. The molecule has 0 bridgehead atoms. The smallest absolute Gasteiger partial charge is 0.251 e. The predicted octanol–water partition coefficient (Wildman–Crippen LogP) is 1.15. The summed E-state index contributed by atoms with van der Waals surface area (Å²) in [5.41, 5.74) is 0.482. The van der Waals surface area contributed by atoms with E-state index in [4.69, 9.17) is 0 Å². The average molecular weight is 339 g/mol. The Morgan fingerprint density at radius 3 is 2.35 bits per heavy atom. The van der Waals surface area contributed by atoms with Gasteiger partial charge in [-0.25, -0.2) is 8.42 Å². The number of amides is 1. The maximum atomic E-state index is 12.4. The molecule has 128 valence electrons. The van der Waals surface area contributed by atoms with Crippen molar-refractivity contribution < 1.29 is 13.2 Å². The van der Waals surface area contributed by atoms with Crippen LogP contribution in [0.5, 0.6) is 0 Å². The Morgan fingerprint density at radius 1 is 1.17 bits per heavy atom. The maximum absolute atomic E-state index is 12.4. The van der Waals surface area contributed by atoms with E-state index >= 15 is 0 Å². The van der Waals surface area contributed by atoms with Gasteiger partial charge in [-0.1, -0.05) is 0 Å². The van der Waals surface area contributed by atoms with Gasteiger partial charge >= 0.3 is 0 Å². The zero-order valence-corrected chi connectivity index (χ0v) is 14.6. The van der Waals surface area contributed by atoms with Crippen molar-refractivity contribution in [3.63, 3.8) is 0 Å². The second-order valence-electron chi connectivity index (χ2n) is 6.05. The van der Waals surface area contributed by atoms with Crippen molar-refractivity contribution in [2.75, 3.05) is 40.3 Å². The van der Waals surface area contributed by atoms with Crippen LogP contribution in [0.25, 0.3) is 0 Å². The molecule has 0 radical (unpaired) electrons. The van der Waals surface area contributed by atoms with Gasteiger partial charge in [0.05, 0.1) is 4.90 Å².